The van der Waals surface area contributed by atoms with Gasteiger partial charge in [0, 0.05) is 54.2 Å². The first kappa shape index (κ1) is 21.8. The Morgan fingerprint density at radius 2 is 1.94 bits per heavy atom. The van der Waals surface area contributed by atoms with Crippen molar-refractivity contribution in [3.8, 4) is 11.6 Å². The molecule has 1 aliphatic rings. The van der Waals surface area contributed by atoms with Crippen LogP contribution in [-0.4, -0.2) is 41.1 Å². The maximum atomic E-state index is 15.0. The van der Waals surface area contributed by atoms with Crippen molar-refractivity contribution in [3.05, 3.63) is 70.8 Å². The number of aryl methyl sites for hydroxylation is 1. The first-order chi connectivity index (χ1) is 16.6. The molecular weight excluding hydrogens is 437 g/mol. The maximum Gasteiger partial charge on any atom is 0.229 e. The van der Waals surface area contributed by atoms with Crippen LogP contribution in [0.15, 0.2) is 54.0 Å². The molecule has 0 bridgehead atoms. The molecule has 3 N–H and O–H groups in total. The fourth-order valence-electron chi connectivity index (χ4n) is 4.09. The van der Waals surface area contributed by atoms with Crippen LogP contribution >= 0.6 is 0 Å². The van der Waals surface area contributed by atoms with E-state index in [4.69, 9.17) is 4.74 Å². The topological polar surface area (TPSA) is 108 Å². The lowest BCUT2D eigenvalue weighted by Crippen LogP contribution is -2.43. The van der Waals surface area contributed by atoms with Crippen LogP contribution in [0.2, 0.25) is 0 Å². The van der Waals surface area contributed by atoms with Crippen LogP contribution in [0.5, 0.6) is 11.6 Å². The summed E-state index contributed by atoms with van der Waals surface area (Å²) in [4.78, 5) is 25.0. The summed E-state index contributed by atoms with van der Waals surface area (Å²) in [7, 11) is 0. The van der Waals surface area contributed by atoms with Crippen molar-refractivity contribution >= 4 is 28.1 Å². The number of fused-ring (bicyclic) bond motifs is 1. The second-order valence-electron chi connectivity index (χ2n) is 8.10. The van der Waals surface area contributed by atoms with Gasteiger partial charge in [0.1, 0.15) is 18.7 Å². The summed E-state index contributed by atoms with van der Waals surface area (Å²) in [5.74, 6) is -0.0642. The number of halogens is 1. The SMILES string of the molecule is Cc1cc2c(F)c(Oc3ncnc(Nc4ccc(N5CCNCC5)cc4)c3CN=O)ccc2[nH]1. The number of aromatic nitrogens is 3. The number of benzene rings is 2. The summed E-state index contributed by atoms with van der Waals surface area (Å²) in [6, 6.07) is 12.9. The van der Waals surface area contributed by atoms with E-state index in [0.717, 1.165) is 43.2 Å². The average Bonchev–Trinajstić information content (AvgIpc) is 3.25. The van der Waals surface area contributed by atoms with Gasteiger partial charge in [-0.2, -0.15) is 4.91 Å². The van der Waals surface area contributed by atoms with Crippen LogP contribution < -0.4 is 20.3 Å². The third-order valence-corrected chi connectivity index (χ3v) is 5.78. The van der Waals surface area contributed by atoms with E-state index in [2.05, 4.69) is 35.7 Å². The van der Waals surface area contributed by atoms with E-state index in [1.807, 2.05) is 31.2 Å². The molecule has 0 spiro atoms. The lowest BCUT2D eigenvalue weighted by molar-refractivity contribution is 0.425. The molecule has 5 rings (SSSR count). The van der Waals surface area contributed by atoms with Crippen molar-refractivity contribution in [3.63, 3.8) is 0 Å². The van der Waals surface area contributed by atoms with Crippen LogP contribution in [-0.2, 0) is 6.54 Å². The van der Waals surface area contributed by atoms with Gasteiger partial charge in [-0.25, -0.2) is 14.4 Å². The molecule has 34 heavy (non-hydrogen) atoms. The number of piperazine rings is 1. The third-order valence-electron chi connectivity index (χ3n) is 5.78. The van der Waals surface area contributed by atoms with Crippen LogP contribution in [0.3, 0.4) is 0 Å². The molecule has 0 radical (unpaired) electrons. The van der Waals surface area contributed by atoms with Crippen molar-refractivity contribution in [1.82, 2.24) is 20.3 Å². The molecular formula is C24H24FN7O2. The number of nitroso groups, excluding NO2 is 1. The van der Waals surface area contributed by atoms with Gasteiger partial charge in [-0.15, -0.1) is 0 Å². The highest BCUT2D eigenvalue weighted by atomic mass is 19.1. The number of aromatic amines is 1. The Morgan fingerprint density at radius 1 is 1.15 bits per heavy atom. The Labute approximate surface area is 195 Å². The number of nitrogens with zero attached hydrogens (tertiary/aromatic N) is 4. The standard InChI is InChI=1S/C24H24FN7O2/c1-15-12-18-20(30-15)6-7-21(22(18)25)34-24-19(13-29-33)23(27-14-28-24)31-16-2-4-17(5-3-16)32-10-8-26-9-11-32/h2-7,12,14,26,30H,8-11,13H2,1H3,(H,27,28,31). The highest BCUT2D eigenvalue weighted by molar-refractivity contribution is 5.82. The van der Waals surface area contributed by atoms with Gasteiger partial charge in [-0.05, 0) is 49.4 Å². The highest BCUT2D eigenvalue weighted by Crippen LogP contribution is 2.34. The largest absolute Gasteiger partial charge is 0.435 e. The minimum atomic E-state index is -0.511. The number of hydrogen-bond donors (Lipinski definition) is 3. The van der Waals surface area contributed by atoms with Crippen LogP contribution in [0.1, 0.15) is 11.3 Å². The van der Waals surface area contributed by atoms with Gasteiger partial charge >= 0.3 is 0 Å². The van der Waals surface area contributed by atoms with E-state index in [0.29, 0.717) is 22.3 Å². The molecule has 0 amide bonds. The Bertz CT molecular complexity index is 1320. The first-order valence-corrected chi connectivity index (χ1v) is 11.0. The average molecular weight is 462 g/mol. The third kappa shape index (κ3) is 4.40. The summed E-state index contributed by atoms with van der Waals surface area (Å²) >= 11 is 0. The molecule has 3 heterocycles. The molecule has 174 valence electrons. The van der Waals surface area contributed by atoms with Gasteiger partial charge in [-0.3, -0.25) is 0 Å². The predicted molar refractivity (Wildman–Crippen MR) is 129 cm³/mol. The van der Waals surface area contributed by atoms with E-state index in [9.17, 15) is 4.91 Å². The van der Waals surface area contributed by atoms with Crippen LogP contribution in [0.25, 0.3) is 10.9 Å². The fourth-order valence-corrected chi connectivity index (χ4v) is 4.09. The van der Waals surface area contributed by atoms with Crippen molar-refractivity contribution < 1.29 is 9.13 Å². The molecule has 2 aromatic heterocycles. The second-order valence-corrected chi connectivity index (χ2v) is 8.10. The summed E-state index contributed by atoms with van der Waals surface area (Å²) in [6.45, 7) is 5.46. The number of rotatable bonds is 7. The monoisotopic (exact) mass is 461 g/mol. The van der Waals surface area contributed by atoms with Crippen LogP contribution in [0, 0.1) is 17.6 Å². The maximum absolute atomic E-state index is 15.0. The van der Waals surface area contributed by atoms with Crippen molar-refractivity contribution in [2.24, 2.45) is 5.18 Å². The van der Waals surface area contributed by atoms with Gasteiger partial charge in [0.25, 0.3) is 0 Å². The van der Waals surface area contributed by atoms with Crippen molar-refractivity contribution in [2.45, 2.75) is 13.5 Å². The summed E-state index contributed by atoms with van der Waals surface area (Å²) in [6.07, 6.45) is 1.30. The number of nitrogens with one attached hydrogen (secondary N) is 3. The summed E-state index contributed by atoms with van der Waals surface area (Å²) in [5, 5.41) is 9.96. The quantitative estimate of drug-likeness (QED) is 0.345. The molecule has 0 unspecified atom stereocenters. The zero-order chi connectivity index (χ0) is 23.5. The molecule has 0 aliphatic carbocycles. The Balaban J connectivity index is 1.41. The molecule has 9 nitrogen and oxygen atoms in total. The van der Waals surface area contributed by atoms with E-state index in [1.165, 1.54) is 12.4 Å². The van der Waals surface area contributed by atoms with Gasteiger partial charge in [0.15, 0.2) is 11.6 Å². The molecule has 1 saturated heterocycles. The van der Waals surface area contributed by atoms with E-state index >= 15 is 4.39 Å². The number of anilines is 3. The molecule has 4 aromatic rings. The first-order valence-electron chi connectivity index (χ1n) is 11.0. The normalized spacial score (nSPS) is 13.8. The van der Waals surface area contributed by atoms with E-state index in [-0.39, 0.29) is 18.2 Å². The summed E-state index contributed by atoms with van der Waals surface area (Å²) < 4.78 is 20.8. The van der Waals surface area contributed by atoms with E-state index in [1.54, 1.807) is 12.1 Å². The van der Waals surface area contributed by atoms with Crippen LogP contribution in [0.4, 0.5) is 21.6 Å². The minimum Gasteiger partial charge on any atom is -0.435 e. The molecule has 0 saturated carbocycles. The second kappa shape index (κ2) is 9.44. The predicted octanol–water partition coefficient (Wildman–Crippen LogP) is 4.62. The summed E-state index contributed by atoms with van der Waals surface area (Å²) in [5.41, 5.74) is 3.78. The lowest BCUT2D eigenvalue weighted by Gasteiger charge is -2.29. The van der Waals surface area contributed by atoms with Crippen molar-refractivity contribution in [1.29, 1.82) is 0 Å². The minimum absolute atomic E-state index is 0.00340. The zero-order valence-electron chi connectivity index (χ0n) is 18.6. The Morgan fingerprint density at radius 3 is 2.71 bits per heavy atom. The number of ether oxygens (including phenoxy) is 1. The smallest absolute Gasteiger partial charge is 0.229 e. The Kier molecular flexibility index (Phi) is 6.05. The Hall–Kier alpha value is -4.05. The molecule has 1 aliphatic heterocycles. The van der Waals surface area contributed by atoms with E-state index < -0.39 is 5.82 Å². The van der Waals surface area contributed by atoms with Gasteiger partial charge in [0.2, 0.25) is 5.88 Å². The van der Waals surface area contributed by atoms with Gasteiger partial charge in [0.05, 0.1) is 5.56 Å². The lowest BCUT2D eigenvalue weighted by atomic mass is 10.2. The highest BCUT2D eigenvalue weighted by Gasteiger charge is 2.18. The molecule has 1 fully saturated rings. The van der Waals surface area contributed by atoms with Gasteiger partial charge < -0.3 is 25.3 Å². The molecule has 2 aromatic carbocycles. The molecule has 10 heteroatoms. The molecule has 0 atom stereocenters. The zero-order valence-corrected chi connectivity index (χ0v) is 18.6. The fraction of sp³-hybridized carbons (Fsp3) is 0.250. The van der Waals surface area contributed by atoms with Crippen molar-refractivity contribution in [2.75, 3.05) is 36.4 Å². The number of hydrogen-bond acceptors (Lipinski definition) is 8. The van der Waals surface area contributed by atoms with Gasteiger partial charge in [-0.1, -0.05) is 5.18 Å². The number of H-pyrrole nitrogens is 1.